The quantitative estimate of drug-likeness (QED) is 0.572. The van der Waals surface area contributed by atoms with Gasteiger partial charge >= 0.3 is 0 Å². The Bertz CT molecular complexity index is 551. The lowest BCUT2D eigenvalue weighted by atomic mass is 10.1. The molecule has 0 spiro atoms. The fourth-order valence-corrected chi connectivity index (χ4v) is 2.55. The number of aromatic nitrogens is 1. The maximum atomic E-state index is 6.00. The van der Waals surface area contributed by atoms with Crippen molar-refractivity contribution in [2.75, 3.05) is 11.1 Å². The third-order valence-electron chi connectivity index (χ3n) is 3.74. The van der Waals surface area contributed by atoms with Crippen molar-refractivity contribution in [1.82, 2.24) is 4.98 Å². The molecule has 0 saturated heterocycles. The van der Waals surface area contributed by atoms with Gasteiger partial charge in [-0.2, -0.15) is 0 Å². The van der Waals surface area contributed by atoms with Gasteiger partial charge in [0.15, 0.2) is 0 Å². The summed E-state index contributed by atoms with van der Waals surface area (Å²) in [6, 6.07) is 6.53. The number of rotatable bonds is 7. The average molecular weight is 271 g/mol. The average Bonchev–Trinajstić information content (AvgIpc) is 2.47. The van der Waals surface area contributed by atoms with Gasteiger partial charge in [-0.15, -0.1) is 0 Å². The largest absolute Gasteiger partial charge is 0.398 e. The highest BCUT2D eigenvalue weighted by Gasteiger charge is 2.07. The minimum absolute atomic E-state index is 0.479. The van der Waals surface area contributed by atoms with Crippen molar-refractivity contribution in [3.05, 3.63) is 30.6 Å². The van der Waals surface area contributed by atoms with Gasteiger partial charge in [0.2, 0.25) is 0 Å². The summed E-state index contributed by atoms with van der Waals surface area (Å²) >= 11 is 0. The Morgan fingerprint density at radius 1 is 1.15 bits per heavy atom. The van der Waals surface area contributed by atoms with Gasteiger partial charge in [-0.3, -0.25) is 4.98 Å². The fraction of sp³-hybridized carbons (Fsp3) is 0.471. The van der Waals surface area contributed by atoms with Crippen LogP contribution in [-0.2, 0) is 0 Å². The Hall–Kier alpha value is -1.77. The monoisotopic (exact) mass is 271 g/mol. The Kier molecular flexibility index (Phi) is 5.22. The summed E-state index contributed by atoms with van der Waals surface area (Å²) in [4.78, 5) is 4.16. The second-order valence-corrected chi connectivity index (χ2v) is 5.52. The molecule has 1 aromatic carbocycles. The molecule has 0 aliphatic heterocycles. The number of fused-ring (bicyclic) bond motifs is 1. The molecular formula is C17H25N3. The first-order chi connectivity index (χ1) is 9.72. The van der Waals surface area contributed by atoms with E-state index in [1.54, 1.807) is 0 Å². The van der Waals surface area contributed by atoms with Crippen LogP contribution in [-0.4, -0.2) is 11.0 Å². The van der Waals surface area contributed by atoms with Gasteiger partial charge in [0.05, 0.1) is 0 Å². The van der Waals surface area contributed by atoms with Gasteiger partial charge in [-0.05, 0) is 31.5 Å². The predicted octanol–water partition coefficient (Wildman–Crippen LogP) is 4.59. The van der Waals surface area contributed by atoms with Crippen molar-refractivity contribution < 1.29 is 0 Å². The fourth-order valence-electron chi connectivity index (χ4n) is 2.55. The Morgan fingerprint density at radius 2 is 2.00 bits per heavy atom. The van der Waals surface area contributed by atoms with Crippen LogP contribution in [0.2, 0.25) is 0 Å². The highest BCUT2D eigenvalue weighted by atomic mass is 14.9. The molecule has 2 rings (SSSR count). The summed E-state index contributed by atoms with van der Waals surface area (Å²) in [6.45, 7) is 4.49. The van der Waals surface area contributed by atoms with Gasteiger partial charge in [0.25, 0.3) is 0 Å². The summed E-state index contributed by atoms with van der Waals surface area (Å²) in [5.74, 6) is 0. The van der Waals surface area contributed by atoms with Crippen LogP contribution in [0.25, 0.3) is 10.8 Å². The molecule has 0 fully saturated rings. The molecule has 1 aromatic heterocycles. The molecule has 3 nitrogen and oxygen atoms in total. The molecular weight excluding hydrogens is 246 g/mol. The predicted molar refractivity (Wildman–Crippen MR) is 88.0 cm³/mol. The van der Waals surface area contributed by atoms with E-state index >= 15 is 0 Å². The van der Waals surface area contributed by atoms with Crippen molar-refractivity contribution in [1.29, 1.82) is 0 Å². The molecule has 3 heteroatoms. The number of benzene rings is 1. The van der Waals surface area contributed by atoms with Crippen LogP contribution in [0.4, 0.5) is 11.4 Å². The molecule has 1 unspecified atom stereocenters. The van der Waals surface area contributed by atoms with E-state index in [-0.39, 0.29) is 0 Å². The number of nitrogens with two attached hydrogens (primary N) is 1. The van der Waals surface area contributed by atoms with Crippen molar-refractivity contribution in [2.24, 2.45) is 0 Å². The molecule has 0 amide bonds. The zero-order valence-electron chi connectivity index (χ0n) is 12.5. The van der Waals surface area contributed by atoms with E-state index in [1.807, 2.05) is 24.5 Å². The molecule has 0 aliphatic carbocycles. The normalized spacial score (nSPS) is 12.5. The molecule has 2 aromatic rings. The lowest BCUT2D eigenvalue weighted by Gasteiger charge is -2.17. The van der Waals surface area contributed by atoms with E-state index in [0.717, 1.165) is 22.1 Å². The highest BCUT2D eigenvalue weighted by Crippen LogP contribution is 2.28. The third kappa shape index (κ3) is 3.62. The van der Waals surface area contributed by atoms with Crippen LogP contribution in [0.3, 0.4) is 0 Å². The SMILES string of the molecule is CCCCCCC(C)Nc1ccc(N)c2cnccc12. The molecule has 0 radical (unpaired) electrons. The number of hydrogen-bond donors (Lipinski definition) is 2. The van der Waals surface area contributed by atoms with Crippen LogP contribution in [0.15, 0.2) is 30.6 Å². The first-order valence-electron chi connectivity index (χ1n) is 7.61. The van der Waals surface area contributed by atoms with Crippen molar-refractivity contribution in [2.45, 2.75) is 52.0 Å². The minimum atomic E-state index is 0.479. The molecule has 0 aliphatic rings. The maximum Gasteiger partial charge on any atom is 0.0424 e. The van der Waals surface area contributed by atoms with Crippen LogP contribution in [0.5, 0.6) is 0 Å². The zero-order valence-corrected chi connectivity index (χ0v) is 12.5. The summed E-state index contributed by atoms with van der Waals surface area (Å²) in [7, 11) is 0. The van der Waals surface area contributed by atoms with Crippen LogP contribution in [0.1, 0.15) is 46.0 Å². The molecule has 1 atom stereocenters. The summed E-state index contributed by atoms with van der Waals surface area (Å²) < 4.78 is 0. The number of pyridine rings is 1. The smallest absolute Gasteiger partial charge is 0.0424 e. The highest BCUT2D eigenvalue weighted by molar-refractivity contribution is 6.00. The van der Waals surface area contributed by atoms with Crippen LogP contribution < -0.4 is 11.1 Å². The second-order valence-electron chi connectivity index (χ2n) is 5.52. The zero-order chi connectivity index (χ0) is 14.4. The molecule has 3 N–H and O–H groups in total. The molecule has 108 valence electrons. The Morgan fingerprint density at radius 3 is 2.80 bits per heavy atom. The van der Waals surface area contributed by atoms with Gasteiger partial charge < -0.3 is 11.1 Å². The number of hydrogen-bond acceptors (Lipinski definition) is 3. The van der Waals surface area contributed by atoms with Crippen LogP contribution in [0, 0.1) is 0 Å². The third-order valence-corrected chi connectivity index (χ3v) is 3.74. The van der Waals surface area contributed by atoms with Crippen molar-refractivity contribution in [3.63, 3.8) is 0 Å². The standard InChI is InChI=1S/C17H25N3/c1-3-4-5-6-7-13(2)20-17-9-8-16(18)15-12-19-11-10-14(15)17/h8-13,20H,3-7,18H2,1-2H3. The lowest BCUT2D eigenvalue weighted by molar-refractivity contribution is 0.594. The topological polar surface area (TPSA) is 50.9 Å². The lowest BCUT2D eigenvalue weighted by Crippen LogP contribution is -2.15. The van der Waals surface area contributed by atoms with Gasteiger partial charge in [0.1, 0.15) is 0 Å². The number of nitrogens with zero attached hydrogens (tertiary/aromatic N) is 1. The number of nitrogen functional groups attached to an aromatic ring is 1. The van der Waals surface area contributed by atoms with E-state index in [0.29, 0.717) is 6.04 Å². The molecule has 20 heavy (non-hydrogen) atoms. The van der Waals surface area contributed by atoms with Gasteiger partial charge in [-0.25, -0.2) is 0 Å². The number of anilines is 2. The van der Waals surface area contributed by atoms with E-state index in [9.17, 15) is 0 Å². The molecule has 1 heterocycles. The summed E-state index contributed by atoms with van der Waals surface area (Å²) in [5, 5.41) is 5.78. The second kappa shape index (κ2) is 7.13. The number of unbranched alkanes of at least 4 members (excludes halogenated alkanes) is 3. The van der Waals surface area contributed by atoms with E-state index < -0.39 is 0 Å². The summed E-state index contributed by atoms with van der Waals surface area (Å²) in [6.07, 6.45) is 10.1. The van der Waals surface area contributed by atoms with Crippen molar-refractivity contribution >= 4 is 22.1 Å². The van der Waals surface area contributed by atoms with Gasteiger partial charge in [-0.1, -0.05) is 32.6 Å². The number of nitrogens with one attached hydrogen (secondary N) is 1. The van der Waals surface area contributed by atoms with Gasteiger partial charge in [0, 0.05) is 40.6 Å². The van der Waals surface area contributed by atoms with E-state index in [1.165, 1.54) is 32.1 Å². The van der Waals surface area contributed by atoms with E-state index in [2.05, 4.69) is 30.2 Å². The Labute approximate surface area is 121 Å². The van der Waals surface area contributed by atoms with Crippen molar-refractivity contribution in [3.8, 4) is 0 Å². The maximum absolute atomic E-state index is 6.00. The first kappa shape index (κ1) is 14.6. The first-order valence-corrected chi connectivity index (χ1v) is 7.61. The van der Waals surface area contributed by atoms with Crippen LogP contribution >= 0.6 is 0 Å². The molecule has 0 bridgehead atoms. The molecule has 0 saturated carbocycles. The Balaban J connectivity index is 2.04. The summed E-state index contributed by atoms with van der Waals surface area (Å²) in [5.41, 5.74) is 7.94. The van der Waals surface area contributed by atoms with E-state index in [4.69, 9.17) is 5.73 Å². The minimum Gasteiger partial charge on any atom is -0.398 e.